The van der Waals surface area contributed by atoms with E-state index in [0.29, 0.717) is 17.2 Å². The number of benzene rings is 2. The first kappa shape index (κ1) is 18.8. The average Bonchev–Trinajstić information content (AvgIpc) is 2.66. The Morgan fingerprint density at radius 2 is 1.69 bits per heavy atom. The molecule has 1 amide bonds. The van der Waals surface area contributed by atoms with Gasteiger partial charge in [0.2, 0.25) is 5.91 Å². The molecule has 0 saturated heterocycles. The van der Waals surface area contributed by atoms with Gasteiger partial charge in [0.1, 0.15) is 5.75 Å². The SMILES string of the molecule is COc1cc([N+](=O)[O-])ccc1NC(=O)C=Cc1ccc(OC)c(OC)c1. The molecule has 0 spiro atoms. The molecule has 2 aromatic rings. The Morgan fingerprint density at radius 3 is 2.31 bits per heavy atom. The lowest BCUT2D eigenvalue weighted by Crippen LogP contribution is -2.09. The molecule has 2 aromatic carbocycles. The molecule has 8 heteroatoms. The fourth-order valence-corrected chi connectivity index (χ4v) is 2.20. The zero-order chi connectivity index (χ0) is 19.1. The Bertz CT molecular complexity index is 848. The van der Waals surface area contributed by atoms with E-state index in [0.717, 1.165) is 5.56 Å². The van der Waals surface area contributed by atoms with Crippen LogP contribution in [0.2, 0.25) is 0 Å². The van der Waals surface area contributed by atoms with E-state index < -0.39 is 10.8 Å². The number of rotatable bonds is 7. The molecule has 0 bridgehead atoms. The fraction of sp³-hybridized carbons (Fsp3) is 0.167. The van der Waals surface area contributed by atoms with Crippen LogP contribution in [0, 0.1) is 10.1 Å². The number of methoxy groups -OCH3 is 3. The molecule has 0 aliphatic carbocycles. The molecule has 0 aromatic heterocycles. The van der Waals surface area contributed by atoms with Gasteiger partial charge in [0.25, 0.3) is 5.69 Å². The smallest absolute Gasteiger partial charge is 0.273 e. The van der Waals surface area contributed by atoms with Gasteiger partial charge in [-0.05, 0) is 29.8 Å². The summed E-state index contributed by atoms with van der Waals surface area (Å²) in [7, 11) is 4.44. The highest BCUT2D eigenvalue weighted by atomic mass is 16.6. The van der Waals surface area contributed by atoms with E-state index in [-0.39, 0.29) is 11.4 Å². The molecule has 2 rings (SSSR count). The third-order valence-corrected chi connectivity index (χ3v) is 3.49. The van der Waals surface area contributed by atoms with Gasteiger partial charge >= 0.3 is 0 Å². The number of carbonyl (C=O) groups is 1. The van der Waals surface area contributed by atoms with E-state index in [9.17, 15) is 14.9 Å². The van der Waals surface area contributed by atoms with Crippen LogP contribution in [0.4, 0.5) is 11.4 Å². The number of nitrogens with zero attached hydrogens (tertiary/aromatic N) is 1. The van der Waals surface area contributed by atoms with Crippen LogP contribution in [-0.2, 0) is 4.79 Å². The van der Waals surface area contributed by atoms with Gasteiger partial charge in [-0.1, -0.05) is 6.07 Å². The highest BCUT2D eigenvalue weighted by molar-refractivity contribution is 6.02. The number of nitro benzene ring substituents is 1. The maximum atomic E-state index is 12.1. The van der Waals surface area contributed by atoms with Crippen molar-refractivity contribution in [2.45, 2.75) is 0 Å². The maximum Gasteiger partial charge on any atom is 0.273 e. The lowest BCUT2D eigenvalue weighted by atomic mass is 10.2. The first-order valence-electron chi connectivity index (χ1n) is 7.52. The largest absolute Gasteiger partial charge is 0.494 e. The third kappa shape index (κ3) is 4.50. The predicted molar refractivity (Wildman–Crippen MR) is 96.9 cm³/mol. The van der Waals surface area contributed by atoms with Gasteiger partial charge in [-0.25, -0.2) is 0 Å². The second-order valence-electron chi connectivity index (χ2n) is 5.08. The van der Waals surface area contributed by atoms with Gasteiger partial charge in [-0.2, -0.15) is 0 Å². The van der Waals surface area contributed by atoms with E-state index in [1.807, 2.05) is 0 Å². The van der Waals surface area contributed by atoms with Crippen molar-refractivity contribution in [1.29, 1.82) is 0 Å². The number of nitro groups is 1. The van der Waals surface area contributed by atoms with Crippen molar-refractivity contribution in [3.63, 3.8) is 0 Å². The lowest BCUT2D eigenvalue weighted by molar-refractivity contribution is -0.384. The quantitative estimate of drug-likeness (QED) is 0.463. The van der Waals surface area contributed by atoms with E-state index in [4.69, 9.17) is 14.2 Å². The number of carbonyl (C=O) groups excluding carboxylic acids is 1. The molecule has 1 N–H and O–H groups in total. The Balaban J connectivity index is 2.13. The molecule has 0 saturated carbocycles. The molecule has 0 aliphatic rings. The van der Waals surface area contributed by atoms with E-state index in [2.05, 4.69) is 5.32 Å². The minimum atomic E-state index is -0.537. The number of non-ortho nitro benzene ring substituents is 1. The molecule has 26 heavy (non-hydrogen) atoms. The van der Waals surface area contributed by atoms with Crippen LogP contribution >= 0.6 is 0 Å². The van der Waals surface area contributed by atoms with Crippen molar-refractivity contribution in [3.8, 4) is 17.2 Å². The van der Waals surface area contributed by atoms with Gasteiger partial charge < -0.3 is 19.5 Å². The Labute approximate surface area is 150 Å². The van der Waals surface area contributed by atoms with Gasteiger partial charge in [0, 0.05) is 12.1 Å². The van der Waals surface area contributed by atoms with Crippen molar-refractivity contribution in [1.82, 2.24) is 0 Å². The summed E-state index contributed by atoms with van der Waals surface area (Å²) in [6.45, 7) is 0. The Kier molecular flexibility index (Phi) is 6.15. The minimum Gasteiger partial charge on any atom is -0.494 e. The second-order valence-corrected chi connectivity index (χ2v) is 5.08. The number of hydrogen-bond donors (Lipinski definition) is 1. The Morgan fingerprint density at radius 1 is 1.00 bits per heavy atom. The van der Waals surface area contributed by atoms with Crippen molar-refractivity contribution < 1.29 is 23.9 Å². The fourth-order valence-electron chi connectivity index (χ4n) is 2.20. The first-order valence-corrected chi connectivity index (χ1v) is 7.52. The number of nitrogens with one attached hydrogen (secondary N) is 1. The molecule has 0 fully saturated rings. The summed E-state index contributed by atoms with van der Waals surface area (Å²) in [5.74, 6) is 0.927. The van der Waals surface area contributed by atoms with E-state index in [1.165, 1.54) is 38.5 Å². The number of hydrogen-bond acceptors (Lipinski definition) is 6. The molecular weight excluding hydrogens is 340 g/mol. The monoisotopic (exact) mass is 358 g/mol. The summed E-state index contributed by atoms with van der Waals surface area (Å²) >= 11 is 0. The molecular formula is C18H18N2O6. The summed E-state index contributed by atoms with van der Waals surface area (Å²) in [6, 6.07) is 9.19. The topological polar surface area (TPSA) is 99.9 Å². The molecule has 0 unspecified atom stereocenters. The molecule has 0 atom stereocenters. The van der Waals surface area contributed by atoms with Gasteiger partial charge in [-0.3, -0.25) is 14.9 Å². The van der Waals surface area contributed by atoms with Crippen LogP contribution in [0.1, 0.15) is 5.56 Å². The molecule has 8 nitrogen and oxygen atoms in total. The maximum absolute atomic E-state index is 12.1. The number of ether oxygens (including phenoxy) is 3. The van der Waals surface area contributed by atoms with Crippen LogP contribution < -0.4 is 19.5 Å². The van der Waals surface area contributed by atoms with Crippen LogP contribution in [0.5, 0.6) is 17.2 Å². The van der Waals surface area contributed by atoms with Crippen molar-refractivity contribution >= 4 is 23.4 Å². The third-order valence-electron chi connectivity index (χ3n) is 3.49. The van der Waals surface area contributed by atoms with E-state index in [1.54, 1.807) is 31.4 Å². The minimum absolute atomic E-state index is 0.124. The summed E-state index contributed by atoms with van der Waals surface area (Å²) in [5.41, 5.74) is 0.953. The molecule has 136 valence electrons. The second kappa shape index (κ2) is 8.52. The zero-order valence-electron chi connectivity index (χ0n) is 14.5. The summed E-state index contributed by atoms with van der Waals surface area (Å²) in [6.07, 6.45) is 2.94. The highest BCUT2D eigenvalue weighted by Gasteiger charge is 2.12. The zero-order valence-corrected chi connectivity index (χ0v) is 14.5. The summed E-state index contributed by atoms with van der Waals surface area (Å²) in [4.78, 5) is 22.4. The number of amides is 1. The molecule has 0 radical (unpaired) electrons. The molecule has 0 aliphatic heterocycles. The normalized spacial score (nSPS) is 10.4. The standard InChI is InChI=1S/C18H18N2O6/c1-24-15-8-4-12(10-17(15)26-3)5-9-18(21)19-14-7-6-13(20(22)23)11-16(14)25-2/h4-11H,1-3H3,(H,19,21). The van der Waals surface area contributed by atoms with E-state index >= 15 is 0 Å². The average molecular weight is 358 g/mol. The van der Waals surface area contributed by atoms with Gasteiger partial charge in [0.05, 0.1) is 38.0 Å². The first-order chi connectivity index (χ1) is 12.5. The lowest BCUT2D eigenvalue weighted by Gasteiger charge is -2.09. The van der Waals surface area contributed by atoms with Crippen molar-refractivity contribution in [3.05, 3.63) is 58.2 Å². The van der Waals surface area contributed by atoms with Gasteiger partial charge in [-0.15, -0.1) is 0 Å². The van der Waals surface area contributed by atoms with Crippen LogP contribution in [0.15, 0.2) is 42.5 Å². The summed E-state index contributed by atoms with van der Waals surface area (Å²) in [5, 5.41) is 13.4. The Hall–Kier alpha value is -3.55. The highest BCUT2D eigenvalue weighted by Crippen LogP contribution is 2.29. The van der Waals surface area contributed by atoms with Gasteiger partial charge in [0.15, 0.2) is 11.5 Å². The molecule has 0 heterocycles. The predicted octanol–water partition coefficient (Wildman–Crippen LogP) is 3.27. The summed E-state index contributed by atoms with van der Waals surface area (Å²) < 4.78 is 15.4. The van der Waals surface area contributed by atoms with Crippen molar-refractivity contribution in [2.75, 3.05) is 26.6 Å². The number of anilines is 1. The van der Waals surface area contributed by atoms with Crippen molar-refractivity contribution in [2.24, 2.45) is 0 Å². The van der Waals surface area contributed by atoms with Crippen LogP contribution in [-0.4, -0.2) is 32.2 Å². The van der Waals surface area contributed by atoms with Crippen LogP contribution in [0.25, 0.3) is 6.08 Å². The van der Waals surface area contributed by atoms with Crippen LogP contribution in [0.3, 0.4) is 0 Å².